The predicted octanol–water partition coefficient (Wildman–Crippen LogP) is 2.69. The van der Waals surface area contributed by atoms with E-state index in [2.05, 4.69) is 57.6 Å². The number of hydrogen-bond acceptors (Lipinski definition) is 1. The van der Waals surface area contributed by atoms with Gasteiger partial charge in [-0.15, -0.1) is 0 Å². The minimum absolute atomic E-state index is 0.949. The van der Waals surface area contributed by atoms with Crippen LogP contribution in [0.3, 0.4) is 0 Å². The maximum absolute atomic E-state index is 3.09. The second-order valence-corrected chi connectivity index (χ2v) is 3.24. The Hall–Kier alpha value is -0.0900. The summed E-state index contributed by atoms with van der Waals surface area (Å²) in [6.07, 6.45) is 1.12. The van der Waals surface area contributed by atoms with Gasteiger partial charge in [0.25, 0.3) is 0 Å². The Bertz CT molecular complexity index is 205. The lowest BCUT2D eigenvalue weighted by atomic mass is 10.1. The van der Waals surface area contributed by atoms with Crippen LogP contribution in [0.5, 0.6) is 0 Å². The molecule has 1 aromatic rings. The zero-order valence-electron chi connectivity index (χ0n) is 6.60. The molecule has 11 heavy (non-hydrogen) atoms. The van der Waals surface area contributed by atoms with Crippen LogP contribution in [0.15, 0.2) is 24.3 Å². The van der Waals surface area contributed by atoms with Crippen molar-refractivity contribution in [1.29, 1.82) is 0 Å². The van der Waals surface area contributed by atoms with E-state index in [1.165, 1.54) is 11.1 Å². The molecule has 0 amide bonds. The summed E-state index contributed by atoms with van der Waals surface area (Å²) in [5, 5.41) is 0. The van der Waals surface area contributed by atoms with E-state index in [0.29, 0.717) is 0 Å². The molecule has 0 atom stereocenters. The lowest BCUT2D eigenvalue weighted by Crippen LogP contribution is -1.96. The first-order valence-corrected chi connectivity index (χ1v) is 4.86. The minimum Gasteiger partial charge on any atom is -0.257 e. The number of nitrogens with one attached hydrogen (secondary N) is 1. The van der Waals surface area contributed by atoms with Crippen molar-refractivity contribution in [3.05, 3.63) is 35.4 Å². The molecule has 1 N–H and O–H groups in total. The van der Waals surface area contributed by atoms with Crippen molar-refractivity contribution in [2.45, 2.75) is 19.9 Å². The topological polar surface area (TPSA) is 12.0 Å². The largest absolute Gasteiger partial charge is 0.257 e. The first-order valence-electron chi connectivity index (χ1n) is 3.78. The molecule has 0 aromatic heterocycles. The minimum atomic E-state index is 0.949. The zero-order chi connectivity index (χ0) is 8.10. The van der Waals surface area contributed by atoms with Crippen molar-refractivity contribution < 1.29 is 0 Å². The summed E-state index contributed by atoms with van der Waals surface area (Å²) in [7, 11) is 0. The molecule has 0 aliphatic rings. The molecule has 0 unspecified atom stereocenters. The molecule has 0 saturated carbocycles. The van der Waals surface area contributed by atoms with Gasteiger partial charge in [0.1, 0.15) is 0 Å². The molecule has 0 saturated heterocycles. The lowest BCUT2D eigenvalue weighted by molar-refractivity contribution is 1.01. The van der Waals surface area contributed by atoms with Gasteiger partial charge in [-0.25, -0.2) is 0 Å². The third-order valence-corrected chi connectivity index (χ3v) is 2.08. The van der Waals surface area contributed by atoms with Crippen molar-refractivity contribution in [3.63, 3.8) is 0 Å². The van der Waals surface area contributed by atoms with Gasteiger partial charge in [-0.1, -0.05) is 31.2 Å². The van der Waals surface area contributed by atoms with E-state index >= 15 is 0 Å². The van der Waals surface area contributed by atoms with Crippen molar-refractivity contribution in [1.82, 2.24) is 3.53 Å². The van der Waals surface area contributed by atoms with Crippen LogP contribution in [0.1, 0.15) is 18.1 Å². The van der Waals surface area contributed by atoms with Crippen molar-refractivity contribution in [2.24, 2.45) is 0 Å². The molecule has 0 aliphatic heterocycles. The Morgan fingerprint density at radius 1 is 1.18 bits per heavy atom. The summed E-state index contributed by atoms with van der Waals surface area (Å²) in [6, 6.07) is 8.71. The van der Waals surface area contributed by atoms with E-state index in [1.54, 1.807) is 0 Å². The lowest BCUT2D eigenvalue weighted by Gasteiger charge is -1.99. The average molecular weight is 261 g/mol. The standard InChI is InChI=1S/C9H12IN/c1-2-8-3-5-9(6-4-8)7-11-10/h3-6,11H,2,7H2,1H3. The van der Waals surface area contributed by atoms with Gasteiger partial charge in [0.05, 0.1) is 0 Å². The van der Waals surface area contributed by atoms with Crippen LogP contribution < -0.4 is 3.53 Å². The molecule has 0 fully saturated rings. The Morgan fingerprint density at radius 3 is 2.18 bits per heavy atom. The molecule has 0 bridgehead atoms. The number of benzene rings is 1. The second-order valence-electron chi connectivity index (χ2n) is 2.48. The molecule has 0 spiro atoms. The van der Waals surface area contributed by atoms with Gasteiger partial charge in [-0.05, 0) is 17.5 Å². The van der Waals surface area contributed by atoms with E-state index in [9.17, 15) is 0 Å². The van der Waals surface area contributed by atoms with E-state index in [1.807, 2.05) is 0 Å². The fourth-order valence-electron chi connectivity index (χ4n) is 0.970. The van der Waals surface area contributed by atoms with Gasteiger partial charge >= 0.3 is 0 Å². The summed E-state index contributed by atoms with van der Waals surface area (Å²) in [5.41, 5.74) is 2.75. The quantitative estimate of drug-likeness (QED) is 0.651. The van der Waals surface area contributed by atoms with Crippen LogP contribution in [0.4, 0.5) is 0 Å². The molecule has 2 heteroatoms. The highest BCUT2D eigenvalue weighted by Crippen LogP contribution is 2.04. The maximum atomic E-state index is 3.09. The monoisotopic (exact) mass is 261 g/mol. The molecule has 0 heterocycles. The van der Waals surface area contributed by atoms with Gasteiger partial charge in [-0.2, -0.15) is 0 Å². The molecular weight excluding hydrogens is 249 g/mol. The Morgan fingerprint density at radius 2 is 1.73 bits per heavy atom. The summed E-state index contributed by atoms with van der Waals surface area (Å²) >= 11 is 2.16. The van der Waals surface area contributed by atoms with Crippen LogP contribution in [-0.4, -0.2) is 0 Å². The van der Waals surface area contributed by atoms with E-state index < -0.39 is 0 Å². The van der Waals surface area contributed by atoms with Crippen molar-refractivity contribution in [2.75, 3.05) is 0 Å². The number of hydrogen-bond donors (Lipinski definition) is 1. The molecular formula is C9H12IN. The molecule has 0 radical (unpaired) electrons. The average Bonchev–Trinajstić information content (AvgIpc) is 2.07. The zero-order valence-corrected chi connectivity index (χ0v) is 8.76. The third kappa shape index (κ3) is 2.79. The van der Waals surface area contributed by atoms with Gasteiger partial charge in [0.2, 0.25) is 0 Å². The van der Waals surface area contributed by atoms with Crippen LogP contribution in [0.2, 0.25) is 0 Å². The summed E-state index contributed by atoms with van der Waals surface area (Å²) in [4.78, 5) is 0. The Kier molecular flexibility index (Phi) is 3.86. The first-order chi connectivity index (χ1) is 5.36. The van der Waals surface area contributed by atoms with Gasteiger partial charge in [-0.3, -0.25) is 3.53 Å². The van der Waals surface area contributed by atoms with Gasteiger partial charge < -0.3 is 0 Å². The van der Waals surface area contributed by atoms with Crippen LogP contribution in [0, 0.1) is 0 Å². The number of rotatable bonds is 3. The summed E-state index contributed by atoms with van der Waals surface area (Å²) < 4.78 is 3.09. The fourth-order valence-corrected chi connectivity index (χ4v) is 1.41. The fraction of sp³-hybridized carbons (Fsp3) is 0.333. The second kappa shape index (κ2) is 4.72. The number of aryl methyl sites for hydroxylation is 1. The highest BCUT2D eigenvalue weighted by atomic mass is 127. The summed E-state index contributed by atoms with van der Waals surface area (Å²) in [5.74, 6) is 0. The SMILES string of the molecule is CCc1ccc(CNI)cc1. The van der Waals surface area contributed by atoms with E-state index in [-0.39, 0.29) is 0 Å². The molecule has 0 aliphatic carbocycles. The molecule has 1 rings (SSSR count). The molecule has 1 nitrogen and oxygen atoms in total. The molecule has 60 valence electrons. The Labute approximate surface area is 81.7 Å². The smallest absolute Gasteiger partial charge is 0.0301 e. The van der Waals surface area contributed by atoms with Crippen LogP contribution >= 0.6 is 22.9 Å². The molecule has 1 aromatic carbocycles. The van der Waals surface area contributed by atoms with Gasteiger partial charge in [0.15, 0.2) is 0 Å². The maximum Gasteiger partial charge on any atom is 0.0301 e. The van der Waals surface area contributed by atoms with Crippen molar-refractivity contribution >= 4 is 22.9 Å². The highest BCUT2D eigenvalue weighted by Gasteiger charge is 1.90. The highest BCUT2D eigenvalue weighted by molar-refractivity contribution is 14.1. The van der Waals surface area contributed by atoms with E-state index in [0.717, 1.165) is 13.0 Å². The van der Waals surface area contributed by atoms with Gasteiger partial charge in [0, 0.05) is 29.4 Å². The van der Waals surface area contributed by atoms with Crippen LogP contribution in [-0.2, 0) is 13.0 Å². The Balaban J connectivity index is 2.66. The van der Waals surface area contributed by atoms with E-state index in [4.69, 9.17) is 0 Å². The summed E-state index contributed by atoms with van der Waals surface area (Å²) in [6.45, 7) is 3.12. The first kappa shape index (κ1) is 9.00. The normalized spacial score (nSPS) is 10.0. The third-order valence-electron chi connectivity index (χ3n) is 1.70. The van der Waals surface area contributed by atoms with Crippen molar-refractivity contribution in [3.8, 4) is 0 Å². The predicted molar refractivity (Wildman–Crippen MR) is 56.7 cm³/mol. The van der Waals surface area contributed by atoms with Crippen LogP contribution in [0.25, 0.3) is 0 Å². The number of halogens is 1.